The molecule has 0 saturated heterocycles. The number of fused-ring (bicyclic) bond motifs is 1. The van der Waals surface area contributed by atoms with Gasteiger partial charge in [0.15, 0.2) is 0 Å². The summed E-state index contributed by atoms with van der Waals surface area (Å²) < 4.78 is 33.2. The van der Waals surface area contributed by atoms with Crippen LogP contribution >= 0.6 is 0 Å². The van der Waals surface area contributed by atoms with Crippen LogP contribution in [0.4, 0.5) is 5.69 Å². The fourth-order valence-corrected chi connectivity index (χ4v) is 4.53. The number of sulfonamides is 1. The number of benzene rings is 2. The van der Waals surface area contributed by atoms with Crippen molar-refractivity contribution in [2.24, 2.45) is 4.40 Å². The van der Waals surface area contributed by atoms with E-state index in [1.54, 1.807) is 18.2 Å². The molecule has 2 aromatic carbocycles. The van der Waals surface area contributed by atoms with E-state index in [0.717, 1.165) is 11.1 Å². The Morgan fingerprint density at radius 3 is 2.37 bits per heavy atom. The van der Waals surface area contributed by atoms with E-state index in [9.17, 15) is 8.42 Å². The Labute approximate surface area is 121 Å². The summed E-state index contributed by atoms with van der Waals surface area (Å²) in [6.45, 7) is 0. The summed E-state index contributed by atoms with van der Waals surface area (Å²) in [4.78, 5) is 2.18. The third kappa shape index (κ3) is 2.80. The zero-order chi connectivity index (χ0) is 14.0. The van der Waals surface area contributed by atoms with E-state index < -0.39 is 28.2 Å². The number of nitrogens with two attached hydrogens (primary N) is 1. The molecule has 19 heavy (non-hydrogen) atoms. The van der Waals surface area contributed by atoms with E-state index >= 15 is 0 Å². The molecule has 2 rings (SSSR count). The summed E-state index contributed by atoms with van der Waals surface area (Å²) >= 11 is -1.28. The molecule has 0 aliphatic heterocycles. The topological polar surface area (TPSA) is 77.5 Å². The van der Waals surface area contributed by atoms with Crippen molar-refractivity contribution in [3.05, 3.63) is 36.4 Å². The number of hydrogen-bond donors (Lipinski definition) is 1. The van der Waals surface area contributed by atoms with Gasteiger partial charge in [-0.2, -0.15) is 0 Å². The van der Waals surface area contributed by atoms with Crippen molar-refractivity contribution in [2.45, 2.75) is 4.90 Å². The molecule has 0 bridgehead atoms. The van der Waals surface area contributed by atoms with Gasteiger partial charge < -0.3 is 0 Å². The minimum atomic E-state index is -3.64. The first kappa shape index (κ1) is 14.4. The maximum atomic E-state index is 12.1. The molecule has 5 nitrogen and oxygen atoms in total. The Hall–Kier alpha value is -0.981. The van der Waals surface area contributed by atoms with E-state index in [1.807, 2.05) is 37.2 Å². The summed E-state index contributed by atoms with van der Waals surface area (Å²) in [6.07, 6.45) is 0. The van der Waals surface area contributed by atoms with Gasteiger partial charge in [-0.15, -0.1) is 0 Å². The van der Waals surface area contributed by atoms with Gasteiger partial charge in [-0.05, 0) is 0 Å². The van der Waals surface area contributed by atoms with Crippen LogP contribution in [0.5, 0.6) is 0 Å². The Kier molecular flexibility index (Phi) is 4.22. The summed E-state index contributed by atoms with van der Waals surface area (Å²) in [5.74, 6) is 0. The van der Waals surface area contributed by atoms with Crippen molar-refractivity contribution in [3.8, 4) is 0 Å². The van der Waals surface area contributed by atoms with Crippen LogP contribution in [0.2, 0.25) is 0 Å². The fraction of sp³-hybridized carbons (Fsp3) is 0.167. The zero-order valence-corrected chi connectivity index (χ0v) is 13.7. The van der Waals surface area contributed by atoms with E-state index in [4.69, 9.17) is 4.40 Å². The predicted octanol–water partition coefficient (Wildman–Crippen LogP) is 1.07. The second kappa shape index (κ2) is 5.56. The van der Waals surface area contributed by atoms with Crippen LogP contribution < -0.4 is 12.7 Å². The summed E-state index contributed by atoms with van der Waals surface area (Å²) in [7, 11) is 0.204. The first-order valence-corrected chi connectivity index (χ1v) is 9.31. The van der Waals surface area contributed by atoms with E-state index in [0.29, 0.717) is 5.39 Å². The molecule has 2 N–H and O–H groups in total. The van der Waals surface area contributed by atoms with Crippen LogP contribution in [0.25, 0.3) is 10.8 Å². The molecule has 0 saturated carbocycles. The van der Waals surface area contributed by atoms with E-state index in [2.05, 4.69) is 3.39 Å². The number of rotatable bonds is 4. The molecule has 2 aromatic rings. The van der Waals surface area contributed by atoms with Crippen LogP contribution in [0, 0.1) is 0 Å². The van der Waals surface area contributed by atoms with Crippen LogP contribution in [0.1, 0.15) is 0 Å². The van der Waals surface area contributed by atoms with Crippen molar-refractivity contribution in [1.29, 1.82) is 0 Å². The number of hydrogen-bond acceptors (Lipinski definition) is 4. The average molecular weight is 457 g/mol. The maximum absolute atomic E-state index is 12.1. The molecule has 0 heterocycles. The Balaban J connectivity index is 2.75. The summed E-state index contributed by atoms with van der Waals surface area (Å²) in [5, 5.41) is 1.57. The first-order chi connectivity index (χ1) is 8.97. The molecule has 7 heteroatoms. The third-order valence-electron chi connectivity index (χ3n) is 2.73. The molecule has 0 unspecified atom stereocenters. The molecular formula is C12H14IrN3O2S. The second-order valence-corrected chi connectivity index (χ2v) is 7.59. The van der Waals surface area contributed by atoms with Crippen molar-refractivity contribution in [3.63, 3.8) is 0 Å². The molecule has 0 spiro atoms. The normalized spacial score (nSPS) is 11.9. The van der Waals surface area contributed by atoms with Crippen LogP contribution in [0.15, 0.2) is 41.3 Å². The van der Waals surface area contributed by atoms with Crippen LogP contribution in [-0.2, 0) is 28.2 Å². The van der Waals surface area contributed by atoms with Gasteiger partial charge >= 0.3 is 121 Å². The van der Waals surface area contributed by atoms with Crippen LogP contribution in [-0.4, -0.2) is 22.5 Å². The molecule has 0 aliphatic carbocycles. The fourth-order valence-electron chi connectivity index (χ4n) is 1.96. The van der Waals surface area contributed by atoms with Gasteiger partial charge in [-0.3, -0.25) is 0 Å². The first-order valence-electron chi connectivity index (χ1n) is 5.42. The molecule has 104 valence electrons. The molecular weight excluding hydrogens is 442 g/mol. The predicted molar refractivity (Wildman–Crippen MR) is 71.8 cm³/mol. The standard InChI is InChI=1S/C12H12N2O2S.Ir.H2N/c1-14(2)11-7-3-6-10-9(11)5-4-8-12(10)17(13,15)16;;/h3-8H,1-2H3;;1H2/q;+1;-1. The van der Waals surface area contributed by atoms with Crippen LogP contribution in [0.3, 0.4) is 0 Å². The molecule has 0 amide bonds. The summed E-state index contributed by atoms with van der Waals surface area (Å²) in [6, 6.07) is 10.8. The minimum absolute atomic E-state index is 0.225. The molecule has 1 radical (unpaired) electrons. The van der Waals surface area contributed by atoms with Gasteiger partial charge in [0, 0.05) is 0 Å². The van der Waals surface area contributed by atoms with Gasteiger partial charge in [0.05, 0.1) is 0 Å². The van der Waals surface area contributed by atoms with Gasteiger partial charge in [0.2, 0.25) is 0 Å². The van der Waals surface area contributed by atoms with Gasteiger partial charge in [0.25, 0.3) is 0 Å². The molecule has 0 atom stereocenters. The Bertz CT molecular complexity index is 701. The van der Waals surface area contributed by atoms with Crippen molar-refractivity contribution in [1.82, 2.24) is 3.39 Å². The van der Waals surface area contributed by atoms with Crippen molar-refractivity contribution < 1.29 is 26.6 Å². The van der Waals surface area contributed by atoms with E-state index in [-0.39, 0.29) is 4.90 Å². The van der Waals surface area contributed by atoms with Crippen molar-refractivity contribution in [2.75, 3.05) is 19.0 Å². The second-order valence-electron chi connectivity index (χ2n) is 4.14. The Morgan fingerprint density at radius 1 is 1.11 bits per heavy atom. The SMILES string of the molecule is CN(C)c1cccc2c(S(=O)(=O)[N][Ir][NH2])cccc12. The van der Waals surface area contributed by atoms with E-state index in [1.165, 1.54) is 0 Å². The molecule has 0 fully saturated rings. The molecule has 0 aliphatic rings. The van der Waals surface area contributed by atoms with Gasteiger partial charge in [-0.1, -0.05) is 0 Å². The third-order valence-corrected chi connectivity index (χ3v) is 6.36. The number of anilines is 1. The van der Waals surface area contributed by atoms with Crippen molar-refractivity contribution >= 4 is 26.5 Å². The summed E-state index contributed by atoms with van der Waals surface area (Å²) in [5.41, 5.74) is 0.971. The van der Waals surface area contributed by atoms with Gasteiger partial charge in [-0.25, -0.2) is 0 Å². The Morgan fingerprint density at radius 2 is 1.74 bits per heavy atom. The number of nitrogens with zero attached hydrogens (tertiary/aromatic N) is 2. The monoisotopic (exact) mass is 457 g/mol. The van der Waals surface area contributed by atoms with Gasteiger partial charge in [0.1, 0.15) is 0 Å². The quantitative estimate of drug-likeness (QED) is 0.747. The zero-order valence-electron chi connectivity index (χ0n) is 10.5. The average Bonchev–Trinajstić information content (AvgIpc) is 2.37. The molecule has 0 aromatic heterocycles.